The first kappa shape index (κ1) is 23.7. The molecule has 3 rings (SSSR count). The minimum absolute atomic E-state index is 0.0266. The molecule has 0 radical (unpaired) electrons. The molecule has 0 saturated carbocycles. The highest BCUT2D eigenvalue weighted by Crippen LogP contribution is 2.33. The van der Waals surface area contributed by atoms with Crippen LogP contribution in [0.5, 0.6) is 0 Å². The molecule has 3 N–H and O–H groups in total. The van der Waals surface area contributed by atoms with Gasteiger partial charge in [-0.1, -0.05) is 0 Å². The fraction of sp³-hybridized carbons (Fsp3) is 0.412. The van der Waals surface area contributed by atoms with E-state index < -0.39 is 57.2 Å². The number of alkyl halides is 5. The number of carbonyl (C=O) groups excluding carboxylic acids is 1. The number of aromatic nitrogens is 3. The number of pyridine rings is 1. The summed E-state index contributed by atoms with van der Waals surface area (Å²) < 4.78 is 89.7. The van der Waals surface area contributed by atoms with Crippen LogP contribution in [0.4, 0.5) is 33.5 Å². The van der Waals surface area contributed by atoms with E-state index in [0.717, 1.165) is 12.3 Å². The first-order valence-electron chi connectivity index (χ1n) is 9.14. The molecule has 1 amide bonds. The number of carbonyl (C=O) groups is 1. The number of hydrogen-bond acceptors (Lipinski definition) is 7. The zero-order valence-electron chi connectivity index (χ0n) is 16.2. The molecular formula is C17H17F5N6O3S. The smallest absolute Gasteiger partial charge is 0.354 e. The molecule has 0 spiro atoms. The number of anilines is 2. The van der Waals surface area contributed by atoms with Gasteiger partial charge in [0.05, 0.1) is 5.56 Å². The SMILES string of the molecule is NS(=O)(=O)c1cc(NC(=O)c2cc(C(F)(F)F)nnc2N2CCCC(F)(F)CC2)ccn1. The molecule has 1 aliphatic rings. The van der Waals surface area contributed by atoms with Crippen LogP contribution in [0, 0.1) is 0 Å². The third-order valence-corrected chi connectivity index (χ3v) is 5.42. The molecule has 3 heterocycles. The molecule has 1 fully saturated rings. The van der Waals surface area contributed by atoms with Crippen molar-refractivity contribution in [3.63, 3.8) is 0 Å². The van der Waals surface area contributed by atoms with Gasteiger partial charge >= 0.3 is 6.18 Å². The van der Waals surface area contributed by atoms with Crippen LogP contribution in [-0.4, -0.2) is 48.5 Å². The highest BCUT2D eigenvalue weighted by Gasteiger charge is 2.37. The van der Waals surface area contributed by atoms with Crippen LogP contribution in [0.15, 0.2) is 29.4 Å². The average molecular weight is 480 g/mol. The van der Waals surface area contributed by atoms with E-state index >= 15 is 0 Å². The summed E-state index contributed by atoms with van der Waals surface area (Å²) in [4.78, 5) is 17.6. The minimum Gasteiger partial charge on any atom is -0.354 e. The van der Waals surface area contributed by atoms with E-state index in [2.05, 4.69) is 20.5 Å². The molecule has 9 nitrogen and oxygen atoms in total. The van der Waals surface area contributed by atoms with Crippen molar-refractivity contribution in [2.45, 2.75) is 36.4 Å². The Kier molecular flexibility index (Phi) is 6.33. The number of nitrogens with zero attached hydrogens (tertiary/aromatic N) is 4. The molecule has 2 aromatic rings. The second-order valence-electron chi connectivity index (χ2n) is 7.04. The fourth-order valence-corrected chi connectivity index (χ4v) is 3.54. The van der Waals surface area contributed by atoms with E-state index in [9.17, 15) is 35.2 Å². The molecule has 174 valence electrons. The summed E-state index contributed by atoms with van der Waals surface area (Å²) in [5.74, 6) is -4.32. The Morgan fingerprint density at radius 3 is 2.53 bits per heavy atom. The summed E-state index contributed by atoms with van der Waals surface area (Å²) >= 11 is 0. The standard InChI is InChI=1S/C17H17F5N6O3S/c18-16(19)3-1-6-28(7-4-16)14-11(9-12(26-27-14)17(20,21)22)15(29)25-10-2-5-24-13(8-10)32(23,30)31/h2,5,8-9H,1,3-4,6-7H2,(H2,23,30,31)(H,24,25,29). The molecule has 1 saturated heterocycles. The highest BCUT2D eigenvalue weighted by atomic mass is 32.2. The van der Waals surface area contributed by atoms with Gasteiger partial charge in [-0.3, -0.25) is 4.79 Å². The van der Waals surface area contributed by atoms with Crippen molar-refractivity contribution in [3.8, 4) is 0 Å². The maximum atomic E-state index is 13.7. The molecule has 0 bridgehead atoms. The van der Waals surface area contributed by atoms with E-state index in [1.165, 1.54) is 11.0 Å². The number of sulfonamides is 1. The van der Waals surface area contributed by atoms with Crippen molar-refractivity contribution in [2.24, 2.45) is 5.14 Å². The molecule has 1 aliphatic heterocycles. The maximum absolute atomic E-state index is 13.7. The summed E-state index contributed by atoms with van der Waals surface area (Å²) in [5.41, 5.74) is -2.13. The molecule has 2 aromatic heterocycles. The van der Waals surface area contributed by atoms with Crippen LogP contribution in [0.25, 0.3) is 0 Å². The topological polar surface area (TPSA) is 131 Å². The van der Waals surface area contributed by atoms with Gasteiger partial charge in [0, 0.05) is 43.9 Å². The summed E-state index contributed by atoms with van der Waals surface area (Å²) in [6.07, 6.45) is -4.84. The third kappa shape index (κ3) is 5.64. The highest BCUT2D eigenvalue weighted by molar-refractivity contribution is 7.89. The van der Waals surface area contributed by atoms with Crippen molar-refractivity contribution < 1.29 is 35.2 Å². The Morgan fingerprint density at radius 2 is 1.88 bits per heavy atom. The number of rotatable bonds is 4. The minimum atomic E-state index is -4.91. The second kappa shape index (κ2) is 8.54. The van der Waals surface area contributed by atoms with Crippen LogP contribution in [0.2, 0.25) is 0 Å². The number of primary sulfonamides is 1. The van der Waals surface area contributed by atoms with Gasteiger partial charge in [-0.05, 0) is 18.6 Å². The molecule has 0 aromatic carbocycles. The normalized spacial score (nSPS) is 17.0. The van der Waals surface area contributed by atoms with Gasteiger partial charge < -0.3 is 10.2 Å². The van der Waals surface area contributed by atoms with Gasteiger partial charge in [-0.25, -0.2) is 27.3 Å². The first-order valence-corrected chi connectivity index (χ1v) is 10.7. The Balaban J connectivity index is 1.98. The fourth-order valence-electron chi connectivity index (χ4n) is 3.04. The lowest BCUT2D eigenvalue weighted by Gasteiger charge is -2.24. The number of amides is 1. The zero-order chi connectivity index (χ0) is 23.7. The molecular weight excluding hydrogens is 463 g/mol. The Hall–Kier alpha value is -2.94. The van der Waals surface area contributed by atoms with Crippen LogP contribution >= 0.6 is 0 Å². The molecule has 0 aliphatic carbocycles. The van der Waals surface area contributed by atoms with Gasteiger partial charge in [0.2, 0.25) is 5.92 Å². The lowest BCUT2D eigenvalue weighted by molar-refractivity contribution is -0.141. The first-order chi connectivity index (χ1) is 14.8. The van der Waals surface area contributed by atoms with Crippen molar-refractivity contribution in [2.75, 3.05) is 23.3 Å². The Labute approximate surface area is 178 Å². The molecule has 32 heavy (non-hydrogen) atoms. The summed E-state index contributed by atoms with van der Waals surface area (Å²) in [6, 6.07) is 2.57. The van der Waals surface area contributed by atoms with Crippen LogP contribution in [0.3, 0.4) is 0 Å². The lowest BCUT2D eigenvalue weighted by atomic mass is 10.1. The van der Waals surface area contributed by atoms with Crippen molar-refractivity contribution in [3.05, 3.63) is 35.7 Å². The molecule has 15 heteroatoms. The van der Waals surface area contributed by atoms with Gasteiger partial charge in [-0.2, -0.15) is 13.2 Å². The lowest BCUT2D eigenvalue weighted by Crippen LogP contribution is -2.30. The molecule has 0 atom stereocenters. The van der Waals surface area contributed by atoms with Gasteiger partial charge in [0.1, 0.15) is 0 Å². The number of nitrogens with one attached hydrogen (secondary N) is 1. The average Bonchev–Trinajstić information content (AvgIpc) is 2.87. The predicted octanol–water partition coefficient (Wildman–Crippen LogP) is 2.42. The van der Waals surface area contributed by atoms with E-state index in [1.807, 2.05) is 0 Å². The predicted molar refractivity (Wildman–Crippen MR) is 102 cm³/mol. The second-order valence-corrected chi connectivity index (χ2v) is 8.55. The summed E-state index contributed by atoms with van der Waals surface area (Å²) in [7, 11) is -4.21. The van der Waals surface area contributed by atoms with Crippen molar-refractivity contribution in [1.29, 1.82) is 0 Å². The summed E-state index contributed by atoms with van der Waals surface area (Å²) in [6.45, 7) is -0.223. The van der Waals surface area contributed by atoms with E-state index in [0.29, 0.717) is 6.07 Å². The largest absolute Gasteiger partial charge is 0.435 e. The molecule has 0 unspecified atom stereocenters. The Bertz CT molecular complexity index is 1130. The van der Waals surface area contributed by atoms with Gasteiger partial charge in [0.25, 0.3) is 15.9 Å². The van der Waals surface area contributed by atoms with Crippen LogP contribution in [-0.2, 0) is 16.2 Å². The monoisotopic (exact) mass is 480 g/mol. The quantitative estimate of drug-likeness (QED) is 0.643. The maximum Gasteiger partial charge on any atom is 0.435 e. The third-order valence-electron chi connectivity index (χ3n) is 4.61. The van der Waals surface area contributed by atoms with Gasteiger partial charge in [-0.15, -0.1) is 10.2 Å². The van der Waals surface area contributed by atoms with Crippen molar-refractivity contribution >= 4 is 27.4 Å². The Morgan fingerprint density at radius 1 is 1.16 bits per heavy atom. The van der Waals surface area contributed by atoms with Crippen molar-refractivity contribution in [1.82, 2.24) is 15.2 Å². The number of hydrogen-bond donors (Lipinski definition) is 2. The van der Waals surface area contributed by atoms with E-state index in [-0.39, 0.29) is 31.0 Å². The summed E-state index contributed by atoms with van der Waals surface area (Å²) in [5, 5.41) is 13.3. The van der Waals surface area contributed by atoms with E-state index in [1.54, 1.807) is 0 Å². The van der Waals surface area contributed by atoms with Crippen LogP contribution < -0.4 is 15.4 Å². The zero-order valence-corrected chi connectivity index (χ0v) is 17.1. The number of halogens is 5. The number of nitrogens with two attached hydrogens (primary N) is 1. The van der Waals surface area contributed by atoms with E-state index in [4.69, 9.17) is 5.14 Å². The van der Waals surface area contributed by atoms with Gasteiger partial charge in [0.15, 0.2) is 16.5 Å². The van der Waals surface area contributed by atoms with Crippen LogP contribution in [0.1, 0.15) is 35.3 Å².